The Kier molecular flexibility index (Phi) is 4.51. The van der Waals surface area contributed by atoms with Crippen molar-refractivity contribution in [2.45, 2.75) is 12.8 Å². The van der Waals surface area contributed by atoms with Crippen LogP contribution in [-0.2, 0) is 9.59 Å². The Hall–Kier alpha value is -3.55. The maximum absolute atomic E-state index is 11.9. The van der Waals surface area contributed by atoms with E-state index < -0.39 is 5.97 Å². The molecule has 0 saturated heterocycles. The van der Waals surface area contributed by atoms with Crippen LogP contribution in [0.2, 0.25) is 0 Å². The number of amides is 1. The Bertz CT molecular complexity index is 989. The Morgan fingerprint density at radius 1 is 0.960 bits per heavy atom. The average Bonchev–Trinajstić information content (AvgIpc) is 2.94. The molecule has 0 radical (unpaired) electrons. The van der Waals surface area contributed by atoms with Crippen LogP contribution < -0.4 is 16.3 Å². The van der Waals surface area contributed by atoms with Crippen molar-refractivity contribution in [2.75, 3.05) is 10.6 Å². The van der Waals surface area contributed by atoms with E-state index in [4.69, 9.17) is 5.11 Å². The van der Waals surface area contributed by atoms with E-state index in [1.54, 1.807) is 36.4 Å². The van der Waals surface area contributed by atoms with Gasteiger partial charge in [-0.25, -0.2) is 4.79 Å². The van der Waals surface area contributed by atoms with Crippen LogP contribution in [0.15, 0.2) is 47.3 Å². The molecule has 3 rings (SSSR count). The van der Waals surface area contributed by atoms with Gasteiger partial charge >= 0.3 is 11.7 Å². The van der Waals surface area contributed by atoms with Gasteiger partial charge < -0.3 is 25.7 Å². The first kappa shape index (κ1) is 16.3. The van der Waals surface area contributed by atoms with Crippen LogP contribution in [0.1, 0.15) is 12.8 Å². The minimum atomic E-state index is -1.02. The SMILES string of the molecule is O=C(O)CCC(=O)Nc1ccccc1Nc1ccc2[nH]c(=O)[nH]c2c1. The molecule has 0 bridgehead atoms. The molecule has 0 saturated carbocycles. The highest BCUT2D eigenvalue weighted by molar-refractivity contribution is 5.96. The lowest BCUT2D eigenvalue weighted by molar-refractivity contribution is -0.138. The lowest BCUT2D eigenvalue weighted by Gasteiger charge is -2.13. The van der Waals surface area contributed by atoms with E-state index in [1.165, 1.54) is 0 Å². The second-order valence-electron chi connectivity index (χ2n) is 5.45. The molecule has 0 fully saturated rings. The molecule has 0 aliphatic rings. The van der Waals surface area contributed by atoms with Crippen molar-refractivity contribution in [1.82, 2.24) is 9.97 Å². The number of carbonyl (C=O) groups excluding carboxylic acids is 1. The number of rotatable bonds is 6. The number of aromatic amines is 2. The van der Waals surface area contributed by atoms with E-state index in [0.29, 0.717) is 22.4 Å². The Balaban J connectivity index is 1.78. The zero-order valence-corrected chi connectivity index (χ0v) is 13.1. The predicted molar refractivity (Wildman–Crippen MR) is 94.1 cm³/mol. The van der Waals surface area contributed by atoms with Gasteiger partial charge in [0.25, 0.3) is 0 Å². The van der Waals surface area contributed by atoms with Crippen molar-refractivity contribution in [3.8, 4) is 0 Å². The molecule has 3 aromatic rings. The summed E-state index contributed by atoms with van der Waals surface area (Å²) in [5, 5.41) is 14.5. The highest BCUT2D eigenvalue weighted by Crippen LogP contribution is 2.26. The van der Waals surface area contributed by atoms with Crippen LogP contribution in [0.5, 0.6) is 0 Å². The molecular formula is C17H16N4O4. The maximum Gasteiger partial charge on any atom is 0.323 e. The average molecular weight is 340 g/mol. The number of nitrogens with one attached hydrogen (secondary N) is 4. The lowest BCUT2D eigenvalue weighted by Crippen LogP contribution is -2.14. The fourth-order valence-electron chi connectivity index (χ4n) is 2.40. The normalized spacial score (nSPS) is 10.6. The van der Waals surface area contributed by atoms with Crippen LogP contribution in [-0.4, -0.2) is 27.0 Å². The number of para-hydroxylation sites is 2. The number of H-pyrrole nitrogens is 2. The van der Waals surface area contributed by atoms with Gasteiger partial charge in [-0.2, -0.15) is 0 Å². The number of anilines is 3. The van der Waals surface area contributed by atoms with Gasteiger partial charge in [-0.15, -0.1) is 0 Å². The van der Waals surface area contributed by atoms with E-state index in [1.807, 2.05) is 6.07 Å². The summed E-state index contributed by atoms with van der Waals surface area (Å²) in [5.41, 5.74) is 3.01. The lowest BCUT2D eigenvalue weighted by atomic mass is 10.2. The number of aromatic nitrogens is 2. The minimum Gasteiger partial charge on any atom is -0.481 e. The number of imidazole rings is 1. The van der Waals surface area contributed by atoms with Crippen molar-refractivity contribution in [1.29, 1.82) is 0 Å². The Labute approximate surface area is 141 Å². The van der Waals surface area contributed by atoms with E-state index in [2.05, 4.69) is 20.6 Å². The molecule has 1 aromatic heterocycles. The molecule has 0 aliphatic heterocycles. The summed E-state index contributed by atoms with van der Waals surface area (Å²) in [6.45, 7) is 0. The zero-order chi connectivity index (χ0) is 17.8. The number of benzene rings is 2. The van der Waals surface area contributed by atoms with Gasteiger partial charge in [0.1, 0.15) is 0 Å². The van der Waals surface area contributed by atoms with Gasteiger partial charge in [0, 0.05) is 12.1 Å². The van der Waals surface area contributed by atoms with Crippen molar-refractivity contribution in [3.05, 3.63) is 52.9 Å². The van der Waals surface area contributed by atoms with Gasteiger partial charge in [-0.05, 0) is 30.3 Å². The van der Waals surface area contributed by atoms with Gasteiger partial charge in [0.05, 0.1) is 28.8 Å². The highest BCUT2D eigenvalue weighted by atomic mass is 16.4. The molecule has 0 unspecified atom stereocenters. The largest absolute Gasteiger partial charge is 0.481 e. The van der Waals surface area contributed by atoms with Crippen molar-refractivity contribution < 1.29 is 14.7 Å². The number of carboxylic acids is 1. The van der Waals surface area contributed by atoms with Crippen LogP contribution in [0.3, 0.4) is 0 Å². The third-order valence-corrected chi connectivity index (χ3v) is 3.56. The summed E-state index contributed by atoms with van der Waals surface area (Å²) in [7, 11) is 0. The number of aliphatic carboxylic acids is 1. The Morgan fingerprint density at radius 3 is 2.44 bits per heavy atom. The van der Waals surface area contributed by atoms with Crippen molar-refractivity contribution >= 4 is 40.0 Å². The fourth-order valence-corrected chi connectivity index (χ4v) is 2.40. The van der Waals surface area contributed by atoms with E-state index >= 15 is 0 Å². The summed E-state index contributed by atoms with van der Waals surface area (Å²) in [4.78, 5) is 39.1. The van der Waals surface area contributed by atoms with Gasteiger partial charge in [-0.3, -0.25) is 9.59 Å². The molecule has 1 heterocycles. The first-order chi connectivity index (χ1) is 12.0. The van der Waals surface area contributed by atoms with Gasteiger partial charge in [-0.1, -0.05) is 12.1 Å². The topological polar surface area (TPSA) is 127 Å². The van der Waals surface area contributed by atoms with E-state index in [-0.39, 0.29) is 24.4 Å². The summed E-state index contributed by atoms with van der Waals surface area (Å²) in [5.74, 6) is -1.39. The molecule has 128 valence electrons. The molecule has 2 aromatic carbocycles. The van der Waals surface area contributed by atoms with Crippen LogP contribution in [0.25, 0.3) is 11.0 Å². The maximum atomic E-state index is 11.9. The smallest absolute Gasteiger partial charge is 0.323 e. The number of carboxylic acid groups (broad SMARTS) is 1. The molecule has 0 spiro atoms. The van der Waals surface area contributed by atoms with Crippen LogP contribution >= 0.6 is 0 Å². The monoisotopic (exact) mass is 340 g/mol. The molecule has 0 atom stereocenters. The zero-order valence-electron chi connectivity index (χ0n) is 13.1. The van der Waals surface area contributed by atoms with Crippen molar-refractivity contribution in [2.24, 2.45) is 0 Å². The quantitative estimate of drug-likeness (QED) is 0.471. The molecule has 25 heavy (non-hydrogen) atoms. The summed E-state index contributed by atoms with van der Waals surface area (Å²) in [6.07, 6.45) is -0.320. The molecule has 0 aliphatic carbocycles. The summed E-state index contributed by atoms with van der Waals surface area (Å²) >= 11 is 0. The second-order valence-corrected chi connectivity index (χ2v) is 5.45. The molecular weight excluding hydrogens is 324 g/mol. The van der Waals surface area contributed by atoms with Crippen LogP contribution in [0, 0.1) is 0 Å². The molecule has 5 N–H and O–H groups in total. The third-order valence-electron chi connectivity index (χ3n) is 3.56. The molecule has 1 amide bonds. The molecule has 8 nitrogen and oxygen atoms in total. The van der Waals surface area contributed by atoms with Crippen LogP contribution in [0.4, 0.5) is 17.1 Å². The van der Waals surface area contributed by atoms with Gasteiger partial charge in [0.15, 0.2) is 0 Å². The number of carbonyl (C=O) groups is 2. The summed E-state index contributed by atoms with van der Waals surface area (Å²) in [6, 6.07) is 12.4. The number of hydrogen-bond acceptors (Lipinski definition) is 4. The fraction of sp³-hybridized carbons (Fsp3) is 0.118. The minimum absolute atomic E-state index is 0.0970. The summed E-state index contributed by atoms with van der Waals surface area (Å²) < 4.78 is 0. The number of fused-ring (bicyclic) bond motifs is 1. The highest BCUT2D eigenvalue weighted by Gasteiger charge is 2.09. The first-order valence-electron chi connectivity index (χ1n) is 7.61. The van der Waals surface area contributed by atoms with E-state index in [9.17, 15) is 14.4 Å². The van der Waals surface area contributed by atoms with Gasteiger partial charge in [0.2, 0.25) is 5.91 Å². The standard InChI is InChI=1S/C17H16N4O4/c22-15(7-8-16(23)24)19-12-4-2-1-3-11(12)18-10-5-6-13-14(9-10)21-17(25)20-13/h1-6,9,18H,7-8H2,(H,19,22)(H,23,24)(H2,20,21,25). The number of hydrogen-bond donors (Lipinski definition) is 5. The third kappa shape index (κ3) is 4.05. The Morgan fingerprint density at radius 2 is 1.68 bits per heavy atom. The second kappa shape index (κ2) is 6.91. The van der Waals surface area contributed by atoms with Crippen molar-refractivity contribution in [3.63, 3.8) is 0 Å². The predicted octanol–water partition coefficient (Wildman–Crippen LogP) is 2.40. The van der Waals surface area contributed by atoms with E-state index in [0.717, 1.165) is 5.69 Å². The molecule has 8 heteroatoms. The first-order valence-corrected chi connectivity index (χ1v) is 7.61.